The topological polar surface area (TPSA) is 140 Å². The van der Waals surface area contributed by atoms with E-state index >= 15 is 0 Å². The van der Waals surface area contributed by atoms with Crippen molar-refractivity contribution in [2.24, 2.45) is 16.5 Å². The number of nitriles is 1. The number of methoxy groups -OCH3 is 3. The zero-order valence-corrected chi connectivity index (χ0v) is 29.9. The van der Waals surface area contributed by atoms with Gasteiger partial charge in [0.25, 0.3) is 0 Å². The number of para-hydroxylation sites is 2. The van der Waals surface area contributed by atoms with Gasteiger partial charge in [0, 0.05) is 29.8 Å². The Morgan fingerprint density at radius 3 is 1.50 bits per heavy atom. The molecule has 5 rings (SSSR count). The number of benzene rings is 5. The monoisotopic (exact) mass is 693 g/mol. The minimum Gasteiger partial charge on any atom is -0.496 e. The lowest BCUT2D eigenvalue weighted by Gasteiger charge is -2.05. The van der Waals surface area contributed by atoms with Gasteiger partial charge < -0.3 is 25.7 Å². The molecule has 5 aromatic carbocycles. The number of ether oxygens (including phenoxy) is 3. The molecule has 0 spiro atoms. The van der Waals surface area contributed by atoms with Crippen molar-refractivity contribution >= 4 is 30.0 Å². The van der Waals surface area contributed by atoms with E-state index in [4.69, 9.17) is 31.6 Å². The van der Waals surface area contributed by atoms with E-state index in [9.17, 15) is 0 Å². The Hall–Kier alpha value is -6.69. The first-order valence-electron chi connectivity index (χ1n) is 16.4. The van der Waals surface area contributed by atoms with Crippen molar-refractivity contribution in [1.29, 1.82) is 10.7 Å². The Morgan fingerprint density at radius 1 is 0.635 bits per heavy atom. The second kappa shape index (κ2) is 26.2. The SMILES string of the molecule is COC(=N)/C=C/c1ccccc1.COc1ccccc1CN.COc1ccccc1CN=C(N)/C=C/c1ccccc1.N#C/C=C/c1ccccc1. The standard InChI is InChI=1S/C17H18N2O.C10H11NO.C9H7N.C8H11NO/c1-20-16-10-6-5-9-15(16)13-19-17(18)12-11-14-7-3-2-4-8-14;1-12-10(11)8-7-9-5-3-2-4-6-9;10-8-4-7-9-5-2-1-3-6-9;1-10-8-5-3-2-4-7(8)6-9/h2-12H,13H2,1H3,(H2,18,19);2-8,11H,1H3;1-7H;2-5H,6,9H2,1H3/b12-11+;8-7+,11-10?;7-4+;. The van der Waals surface area contributed by atoms with Gasteiger partial charge in [-0.25, -0.2) is 0 Å². The summed E-state index contributed by atoms with van der Waals surface area (Å²) in [5.74, 6) is 2.36. The largest absolute Gasteiger partial charge is 0.496 e. The molecule has 8 heteroatoms. The highest BCUT2D eigenvalue weighted by molar-refractivity contribution is 5.95. The zero-order chi connectivity index (χ0) is 37.7. The van der Waals surface area contributed by atoms with Crippen molar-refractivity contribution in [3.05, 3.63) is 186 Å². The molecule has 5 aromatic rings. The first-order valence-corrected chi connectivity index (χ1v) is 16.4. The highest BCUT2D eigenvalue weighted by atomic mass is 16.5. The number of rotatable bonds is 10. The van der Waals surface area contributed by atoms with E-state index in [-0.39, 0.29) is 5.90 Å². The van der Waals surface area contributed by atoms with Crippen LogP contribution in [-0.2, 0) is 17.8 Å². The number of nitrogens with two attached hydrogens (primary N) is 2. The lowest BCUT2D eigenvalue weighted by molar-refractivity contribution is 0.403. The van der Waals surface area contributed by atoms with Crippen LogP contribution >= 0.6 is 0 Å². The molecule has 0 aliphatic carbocycles. The summed E-state index contributed by atoms with van der Waals surface area (Å²) in [6, 6.07) is 47.0. The molecule has 0 fully saturated rings. The molecule has 0 saturated carbocycles. The van der Waals surface area contributed by atoms with E-state index in [1.165, 1.54) is 13.2 Å². The molecule has 0 unspecified atom stereocenters. The van der Waals surface area contributed by atoms with E-state index in [1.54, 1.807) is 26.4 Å². The summed E-state index contributed by atoms with van der Waals surface area (Å²) in [6.45, 7) is 1.04. The summed E-state index contributed by atoms with van der Waals surface area (Å²) in [4.78, 5) is 4.35. The van der Waals surface area contributed by atoms with Gasteiger partial charge in [-0.05, 0) is 47.1 Å². The summed E-state index contributed by atoms with van der Waals surface area (Å²) >= 11 is 0. The fourth-order valence-corrected chi connectivity index (χ4v) is 4.18. The molecule has 0 radical (unpaired) electrons. The van der Waals surface area contributed by atoms with Crippen LogP contribution in [0.15, 0.2) is 163 Å². The predicted octanol–water partition coefficient (Wildman–Crippen LogP) is 8.97. The Morgan fingerprint density at radius 2 is 1.06 bits per heavy atom. The summed E-state index contributed by atoms with van der Waals surface area (Å²) in [5, 5.41) is 15.4. The van der Waals surface area contributed by atoms with Crippen molar-refractivity contribution < 1.29 is 14.2 Å². The minimum atomic E-state index is 0.166. The highest BCUT2D eigenvalue weighted by Gasteiger charge is 2.00. The minimum absolute atomic E-state index is 0.166. The van der Waals surface area contributed by atoms with Gasteiger partial charge in [0.15, 0.2) is 0 Å². The number of nitrogens with one attached hydrogen (secondary N) is 1. The number of aliphatic imine (C=N–C) groups is 1. The molecular weight excluding hydrogens is 647 g/mol. The van der Waals surface area contributed by atoms with Crippen LogP contribution in [-0.4, -0.2) is 33.1 Å². The van der Waals surface area contributed by atoms with E-state index < -0.39 is 0 Å². The molecule has 5 N–H and O–H groups in total. The molecule has 0 amide bonds. The van der Waals surface area contributed by atoms with Crippen LogP contribution in [0, 0.1) is 16.7 Å². The van der Waals surface area contributed by atoms with Crippen molar-refractivity contribution in [3.63, 3.8) is 0 Å². The number of hydrogen-bond donors (Lipinski definition) is 3. The maximum atomic E-state index is 8.19. The summed E-state index contributed by atoms with van der Waals surface area (Å²) in [5.41, 5.74) is 16.6. The maximum absolute atomic E-state index is 8.19. The lowest BCUT2D eigenvalue weighted by atomic mass is 10.2. The van der Waals surface area contributed by atoms with E-state index in [1.807, 2.05) is 164 Å². The summed E-state index contributed by atoms with van der Waals surface area (Å²) in [6.07, 6.45) is 10.5. The van der Waals surface area contributed by atoms with Gasteiger partial charge in [0.2, 0.25) is 5.90 Å². The molecule has 0 aromatic heterocycles. The number of amidine groups is 1. The average Bonchev–Trinajstić information content (AvgIpc) is 3.22. The molecule has 0 saturated heterocycles. The third-order valence-electron chi connectivity index (χ3n) is 6.88. The smallest absolute Gasteiger partial charge is 0.205 e. The first kappa shape index (κ1) is 41.5. The van der Waals surface area contributed by atoms with Crippen molar-refractivity contribution in [2.45, 2.75) is 13.1 Å². The van der Waals surface area contributed by atoms with Gasteiger partial charge in [-0.3, -0.25) is 10.4 Å². The molecular formula is C44H47N5O3. The van der Waals surface area contributed by atoms with Gasteiger partial charge in [-0.15, -0.1) is 0 Å². The molecule has 0 heterocycles. The predicted molar refractivity (Wildman–Crippen MR) is 216 cm³/mol. The lowest BCUT2D eigenvalue weighted by Crippen LogP contribution is -2.08. The van der Waals surface area contributed by atoms with Crippen LogP contribution < -0.4 is 20.9 Å². The highest BCUT2D eigenvalue weighted by Crippen LogP contribution is 2.18. The van der Waals surface area contributed by atoms with Crippen molar-refractivity contribution in [3.8, 4) is 17.6 Å². The van der Waals surface area contributed by atoms with Gasteiger partial charge >= 0.3 is 0 Å². The Kier molecular flexibility index (Phi) is 20.9. The molecule has 0 atom stereocenters. The number of allylic oxidation sites excluding steroid dienone is 1. The van der Waals surface area contributed by atoms with E-state index in [0.29, 0.717) is 18.9 Å². The summed E-state index contributed by atoms with van der Waals surface area (Å²) in [7, 11) is 4.79. The van der Waals surface area contributed by atoms with Crippen LogP contribution in [0.5, 0.6) is 11.5 Å². The van der Waals surface area contributed by atoms with Crippen LogP contribution in [0.2, 0.25) is 0 Å². The first-order chi connectivity index (χ1) is 25.4. The second-order valence-electron chi connectivity index (χ2n) is 10.5. The van der Waals surface area contributed by atoms with Crippen molar-refractivity contribution in [2.75, 3.05) is 21.3 Å². The third-order valence-corrected chi connectivity index (χ3v) is 6.88. The average molecular weight is 694 g/mol. The Labute approximate surface area is 308 Å². The quantitative estimate of drug-likeness (QED) is 0.0758. The van der Waals surface area contributed by atoms with Gasteiger partial charge in [-0.2, -0.15) is 5.26 Å². The van der Waals surface area contributed by atoms with Crippen LogP contribution in [0.1, 0.15) is 27.8 Å². The number of nitrogens with zero attached hydrogens (tertiary/aromatic N) is 2. The van der Waals surface area contributed by atoms with E-state index in [2.05, 4.69) is 9.73 Å². The molecule has 0 aliphatic heterocycles. The molecule has 0 bridgehead atoms. The normalized spacial score (nSPS) is 10.5. The zero-order valence-electron chi connectivity index (χ0n) is 29.9. The Balaban J connectivity index is 0.000000253. The Bertz CT molecular complexity index is 1860. The summed E-state index contributed by atoms with van der Waals surface area (Å²) < 4.78 is 15.0. The molecule has 266 valence electrons. The molecule has 8 nitrogen and oxygen atoms in total. The number of hydrogen-bond acceptors (Lipinski definition) is 7. The van der Waals surface area contributed by atoms with E-state index in [0.717, 1.165) is 39.3 Å². The van der Waals surface area contributed by atoms with Crippen molar-refractivity contribution in [1.82, 2.24) is 0 Å². The van der Waals surface area contributed by atoms with Gasteiger partial charge in [-0.1, -0.05) is 133 Å². The fraction of sp³-hybridized carbons (Fsp3) is 0.114. The van der Waals surface area contributed by atoms with Gasteiger partial charge in [0.1, 0.15) is 17.3 Å². The fourth-order valence-electron chi connectivity index (χ4n) is 4.18. The maximum Gasteiger partial charge on any atom is 0.205 e. The second-order valence-corrected chi connectivity index (χ2v) is 10.5. The van der Waals surface area contributed by atoms with Crippen LogP contribution in [0.4, 0.5) is 0 Å². The third kappa shape index (κ3) is 17.6. The molecule has 52 heavy (non-hydrogen) atoms. The van der Waals surface area contributed by atoms with Gasteiger partial charge in [0.05, 0.1) is 33.9 Å². The molecule has 0 aliphatic rings. The van der Waals surface area contributed by atoms with Crippen LogP contribution in [0.3, 0.4) is 0 Å². The van der Waals surface area contributed by atoms with Crippen LogP contribution in [0.25, 0.3) is 18.2 Å².